The summed E-state index contributed by atoms with van der Waals surface area (Å²) in [5, 5.41) is 14.0. The first-order valence-electron chi connectivity index (χ1n) is 6.43. The Morgan fingerprint density at radius 2 is 1.94 bits per heavy atom. The minimum absolute atomic E-state index is 0.158. The maximum absolute atomic E-state index is 9.59. The molecule has 6 nitrogen and oxygen atoms in total. The first kappa shape index (κ1) is 11.5. The number of rotatable bonds is 1. The number of aliphatic hydroxyl groups is 1. The molecular formula is C12H19N5O. The summed E-state index contributed by atoms with van der Waals surface area (Å²) in [6.07, 6.45) is 3.40. The highest BCUT2D eigenvalue weighted by molar-refractivity contribution is 5.77. The molecule has 2 aromatic heterocycles. The maximum Gasteiger partial charge on any atom is 0.202 e. The highest BCUT2D eigenvalue weighted by Gasteiger charge is 2.26. The van der Waals surface area contributed by atoms with E-state index in [0.29, 0.717) is 12.0 Å². The number of hydrogen-bond donors (Lipinski definition) is 2. The van der Waals surface area contributed by atoms with Gasteiger partial charge in [0.05, 0.1) is 11.8 Å². The third-order valence-electron chi connectivity index (χ3n) is 3.89. The van der Waals surface area contributed by atoms with Crippen molar-refractivity contribution >= 4 is 17.1 Å². The average molecular weight is 249 g/mol. The highest BCUT2D eigenvalue weighted by Crippen LogP contribution is 2.33. The number of aromatic nitrogens is 4. The molecule has 3 rings (SSSR count). The number of aliphatic hydroxyl groups excluding tert-OH is 1. The number of nitrogens with two attached hydrogens (primary N) is 1. The summed E-state index contributed by atoms with van der Waals surface area (Å²) < 4.78 is 3.93. The molecule has 0 aliphatic heterocycles. The zero-order chi connectivity index (χ0) is 12.9. The van der Waals surface area contributed by atoms with Gasteiger partial charge in [0.25, 0.3) is 0 Å². The molecule has 18 heavy (non-hydrogen) atoms. The fourth-order valence-corrected chi connectivity index (χ4v) is 2.99. The van der Waals surface area contributed by atoms with Crippen molar-refractivity contribution in [2.24, 2.45) is 7.05 Å². The van der Waals surface area contributed by atoms with Crippen LogP contribution in [0, 0.1) is 6.92 Å². The minimum Gasteiger partial charge on any atom is -0.393 e. The topological polar surface area (TPSA) is 81.9 Å². The molecule has 2 heterocycles. The summed E-state index contributed by atoms with van der Waals surface area (Å²) in [4.78, 5) is 4.42. The van der Waals surface area contributed by atoms with Crippen molar-refractivity contribution in [3.8, 4) is 0 Å². The Hall–Kier alpha value is -1.56. The van der Waals surface area contributed by atoms with E-state index >= 15 is 0 Å². The lowest BCUT2D eigenvalue weighted by Crippen LogP contribution is -2.22. The largest absolute Gasteiger partial charge is 0.393 e. The van der Waals surface area contributed by atoms with Crippen molar-refractivity contribution in [1.29, 1.82) is 0 Å². The molecule has 2 aromatic rings. The predicted octanol–water partition coefficient (Wildman–Crippen LogP) is 1.14. The Balaban J connectivity index is 2.08. The van der Waals surface area contributed by atoms with E-state index in [1.807, 2.05) is 18.7 Å². The summed E-state index contributed by atoms with van der Waals surface area (Å²) in [5.41, 5.74) is 8.84. The van der Waals surface area contributed by atoms with Crippen molar-refractivity contribution < 1.29 is 5.11 Å². The molecule has 1 fully saturated rings. The van der Waals surface area contributed by atoms with Crippen LogP contribution in [0.15, 0.2) is 0 Å². The molecule has 0 spiro atoms. The number of nitrogens with zero attached hydrogens (tertiary/aromatic N) is 4. The normalized spacial score (nSPS) is 24.8. The van der Waals surface area contributed by atoms with E-state index in [4.69, 9.17) is 5.73 Å². The molecule has 6 heteroatoms. The van der Waals surface area contributed by atoms with Crippen molar-refractivity contribution in [2.75, 3.05) is 5.73 Å². The Bertz CT molecular complexity index is 577. The van der Waals surface area contributed by atoms with Gasteiger partial charge in [-0.25, -0.2) is 4.98 Å². The molecule has 0 radical (unpaired) electrons. The fraction of sp³-hybridized carbons (Fsp3) is 0.667. The van der Waals surface area contributed by atoms with Gasteiger partial charge in [0.15, 0.2) is 5.65 Å². The van der Waals surface area contributed by atoms with E-state index in [9.17, 15) is 5.11 Å². The third-order valence-corrected chi connectivity index (χ3v) is 3.89. The fourth-order valence-electron chi connectivity index (χ4n) is 2.99. The van der Waals surface area contributed by atoms with E-state index in [0.717, 1.165) is 42.5 Å². The van der Waals surface area contributed by atoms with E-state index in [-0.39, 0.29) is 6.10 Å². The van der Waals surface area contributed by atoms with Gasteiger partial charge in [0.1, 0.15) is 5.52 Å². The monoisotopic (exact) mass is 249 g/mol. The Morgan fingerprint density at radius 3 is 2.61 bits per heavy atom. The number of hydrogen-bond acceptors (Lipinski definition) is 4. The van der Waals surface area contributed by atoms with Gasteiger partial charge < -0.3 is 10.8 Å². The van der Waals surface area contributed by atoms with Crippen LogP contribution in [-0.4, -0.2) is 30.5 Å². The molecule has 0 atom stereocenters. The molecule has 1 aliphatic carbocycles. The van der Waals surface area contributed by atoms with E-state index in [1.165, 1.54) is 0 Å². The first-order chi connectivity index (χ1) is 8.58. The van der Waals surface area contributed by atoms with Crippen LogP contribution in [0.1, 0.15) is 37.4 Å². The molecular weight excluding hydrogens is 230 g/mol. The lowest BCUT2D eigenvalue weighted by Gasteiger charge is -2.27. The van der Waals surface area contributed by atoms with Crippen molar-refractivity contribution in [2.45, 2.75) is 44.8 Å². The number of imidazole rings is 1. The lowest BCUT2D eigenvalue weighted by atomic mass is 9.93. The molecule has 0 bridgehead atoms. The first-order valence-corrected chi connectivity index (χ1v) is 6.43. The second kappa shape index (κ2) is 3.98. The Morgan fingerprint density at radius 1 is 1.28 bits per heavy atom. The smallest absolute Gasteiger partial charge is 0.202 e. The molecule has 0 unspecified atom stereocenters. The van der Waals surface area contributed by atoms with Gasteiger partial charge in [-0.3, -0.25) is 9.25 Å². The van der Waals surface area contributed by atoms with Crippen LogP contribution < -0.4 is 5.73 Å². The Labute approximate surface area is 105 Å². The highest BCUT2D eigenvalue weighted by atomic mass is 16.3. The van der Waals surface area contributed by atoms with Crippen LogP contribution in [-0.2, 0) is 7.05 Å². The van der Waals surface area contributed by atoms with Gasteiger partial charge in [-0.15, -0.1) is 0 Å². The van der Waals surface area contributed by atoms with E-state index in [1.54, 1.807) is 0 Å². The Kier molecular flexibility index (Phi) is 2.55. The summed E-state index contributed by atoms with van der Waals surface area (Å²) in [5.74, 6) is 0.558. The number of nitrogen functional groups attached to an aromatic ring is 1. The molecule has 0 aromatic carbocycles. The minimum atomic E-state index is -0.158. The second-order valence-electron chi connectivity index (χ2n) is 5.18. The quantitative estimate of drug-likeness (QED) is 0.794. The lowest BCUT2D eigenvalue weighted by molar-refractivity contribution is 0.111. The molecule has 0 saturated heterocycles. The molecule has 98 valence electrons. The third kappa shape index (κ3) is 1.59. The van der Waals surface area contributed by atoms with Gasteiger partial charge >= 0.3 is 0 Å². The number of fused-ring (bicyclic) bond motifs is 1. The summed E-state index contributed by atoms with van der Waals surface area (Å²) in [7, 11) is 1.92. The molecule has 1 saturated carbocycles. The van der Waals surface area contributed by atoms with Crippen LogP contribution in [0.3, 0.4) is 0 Å². The maximum atomic E-state index is 9.59. The molecule has 1 aliphatic rings. The van der Waals surface area contributed by atoms with Gasteiger partial charge in [-0.1, -0.05) is 0 Å². The van der Waals surface area contributed by atoms with Crippen LogP contribution in [0.2, 0.25) is 0 Å². The standard InChI is InChI=1S/C12H19N5O/c1-7-10-11(16(2)15-7)17(12(13)14-10)8-3-5-9(18)6-4-8/h8-9,18H,3-6H2,1-2H3,(H2,13,14). The van der Waals surface area contributed by atoms with Crippen molar-refractivity contribution in [3.63, 3.8) is 0 Å². The summed E-state index contributed by atoms with van der Waals surface area (Å²) in [6, 6.07) is 0.327. The zero-order valence-electron chi connectivity index (χ0n) is 10.8. The predicted molar refractivity (Wildman–Crippen MR) is 69.2 cm³/mol. The van der Waals surface area contributed by atoms with Gasteiger partial charge in [0.2, 0.25) is 5.95 Å². The molecule has 3 N–H and O–H groups in total. The van der Waals surface area contributed by atoms with Crippen LogP contribution in [0.4, 0.5) is 5.95 Å². The molecule has 0 amide bonds. The number of anilines is 1. The second-order valence-corrected chi connectivity index (χ2v) is 5.18. The van der Waals surface area contributed by atoms with Gasteiger partial charge in [-0.05, 0) is 32.6 Å². The van der Waals surface area contributed by atoms with Gasteiger partial charge in [0, 0.05) is 13.1 Å². The average Bonchev–Trinajstić information content (AvgIpc) is 2.79. The van der Waals surface area contributed by atoms with Crippen molar-refractivity contribution in [1.82, 2.24) is 19.3 Å². The summed E-state index contributed by atoms with van der Waals surface area (Å²) in [6.45, 7) is 1.95. The SMILES string of the molecule is Cc1nn(C)c2c1nc(N)n2C1CCC(O)CC1. The summed E-state index contributed by atoms with van der Waals surface area (Å²) >= 11 is 0. The van der Waals surface area contributed by atoms with E-state index < -0.39 is 0 Å². The zero-order valence-corrected chi connectivity index (χ0v) is 10.8. The number of aryl methyl sites for hydroxylation is 2. The van der Waals surface area contributed by atoms with Gasteiger partial charge in [-0.2, -0.15) is 5.10 Å². The van der Waals surface area contributed by atoms with E-state index in [2.05, 4.69) is 14.6 Å². The van der Waals surface area contributed by atoms with Crippen LogP contribution in [0.5, 0.6) is 0 Å². The van der Waals surface area contributed by atoms with Crippen molar-refractivity contribution in [3.05, 3.63) is 5.69 Å². The van der Waals surface area contributed by atoms with Crippen LogP contribution in [0.25, 0.3) is 11.2 Å². The van der Waals surface area contributed by atoms with Crippen LogP contribution >= 0.6 is 0 Å².